The van der Waals surface area contributed by atoms with E-state index in [1.54, 1.807) is 29.5 Å². The highest BCUT2D eigenvalue weighted by molar-refractivity contribution is 7.13. The number of likely N-dealkylation sites (tertiary alicyclic amines) is 2. The first-order valence-corrected chi connectivity index (χ1v) is 30.1. The number of aromatic nitrogens is 5. The number of aliphatic hydroxyl groups is 1. The number of aliphatic hydroxyl groups excluding tert-OH is 1. The number of nitrogen functional groups attached to an aromatic ring is 1. The summed E-state index contributed by atoms with van der Waals surface area (Å²) in [5, 5.41) is 37.3. The maximum atomic E-state index is 16.6. The van der Waals surface area contributed by atoms with E-state index in [-0.39, 0.29) is 72.9 Å². The van der Waals surface area contributed by atoms with Crippen LogP contribution in [0.3, 0.4) is 0 Å². The van der Waals surface area contributed by atoms with Gasteiger partial charge < -0.3 is 54.9 Å². The average molecular weight is 1140 g/mol. The highest BCUT2D eigenvalue weighted by atomic mass is 32.1. The number of β-amino-alcohol motifs (C(OH)–C–C–N with tert-alkyl or cyclic N) is 1. The molecular formula is C61H75FN12O7S. The lowest BCUT2D eigenvalue weighted by Crippen LogP contribution is -2.54. The number of aryl methyl sites for hydroxylation is 1. The molecule has 1 saturated carbocycles. The van der Waals surface area contributed by atoms with Crippen molar-refractivity contribution in [2.24, 2.45) is 5.92 Å². The van der Waals surface area contributed by atoms with Crippen LogP contribution >= 0.6 is 11.3 Å². The number of amides is 2. The van der Waals surface area contributed by atoms with E-state index in [9.17, 15) is 19.8 Å². The molecule has 0 radical (unpaired) electrons. The van der Waals surface area contributed by atoms with Gasteiger partial charge in [-0.15, -0.1) is 21.5 Å². The summed E-state index contributed by atoms with van der Waals surface area (Å²) in [7, 11) is 0. The van der Waals surface area contributed by atoms with Crippen molar-refractivity contribution in [2.75, 3.05) is 72.8 Å². The van der Waals surface area contributed by atoms with Crippen LogP contribution in [0.15, 0.2) is 89.0 Å². The van der Waals surface area contributed by atoms with Gasteiger partial charge in [0.2, 0.25) is 17.7 Å². The number of phenolic OH excluding ortho intramolecular Hbond substituents is 1. The largest absolute Gasteiger partial charge is 0.507 e. The fourth-order valence-corrected chi connectivity index (χ4v) is 14.2. The van der Waals surface area contributed by atoms with E-state index in [0.29, 0.717) is 67.0 Å². The summed E-state index contributed by atoms with van der Waals surface area (Å²) in [6.07, 6.45) is 7.54. The molecule has 12 rings (SSSR count). The predicted octanol–water partition coefficient (Wildman–Crippen LogP) is 8.08. The number of aromatic hydroxyl groups is 1. The number of anilines is 4. The Bertz CT molecular complexity index is 3200. The second-order valence-electron chi connectivity index (χ2n) is 24.0. The van der Waals surface area contributed by atoms with Crippen LogP contribution in [0.1, 0.15) is 108 Å². The fourth-order valence-electron chi connectivity index (χ4n) is 13.4. The zero-order chi connectivity index (χ0) is 56.8. The van der Waals surface area contributed by atoms with E-state index in [1.165, 1.54) is 4.90 Å². The summed E-state index contributed by atoms with van der Waals surface area (Å²) in [5.74, 6) is 0.556. The molecular weight excluding hydrogens is 1060 g/mol. The molecule has 5 saturated heterocycles. The average Bonchev–Trinajstić information content (AvgIpc) is 4.17. The number of rotatable bonds is 17. The first kappa shape index (κ1) is 55.6. The Morgan fingerprint density at radius 3 is 2.33 bits per heavy atom. The number of para-hydroxylation sites is 1. The number of hydrogen-bond acceptors (Lipinski definition) is 18. The molecule has 1 unspecified atom stereocenters. The number of carbonyl (C=O) groups excluding carboxylic acids is 2. The van der Waals surface area contributed by atoms with E-state index < -0.39 is 23.7 Å². The monoisotopic (exact) mass is 1140 g/mol. The van der Waals surface area contributed by atoms with Gasteiger partial charge in [0.15, 0.2) is 17.4 Å². The summed E-state index contributed by atoms with van der Waals surface area (Å²) < 4.78 is 35.5. The van der Waals surface area contributed by atoms with Gasteiger partial charge in [0.25, 0.3) is 0 Å². The first-order valence-electron chi connectivity index (χ1n) is 29.3. The molecule has 6 atom stereocenters. The van der Waals surface area contributed by atoms with Crippen molar-refractivity contribution in [3.63, 3.8) is 0 Å². The number of fused-ring (bicyclic) bond motifs is 2. The number of nitrogens with one attached hydrogen (secondary N) is 1. The molecule has 0 spiro atoms. The van der Waals surface area contributed by atoms with Crippen molar-refractivity contribution in [2.45, 2.75) is 146 Å². The fraction of sp³-hybridized carbons (Fsp3) is 0.525. The molecule has 434 valence electrons. The molecule has 6 fully saturated rings. The van der Waals surface area contributed by atoms with Crippen molar-refractivity contribution >= 4 is 46.2 Å². The number of piperidine rings is 2. The Kier molecular flexibility index (Phi) is 15.8. The number of hydrogen-bond donors (Lipinski definition) is 4. The van der Waals surface area contributed by atoms with Gasteiger partial charge in [-0.2, -0.15) is 0 Å². The quantitative estimate of drug-likeness (QED) is 0.0677. The number of piperazine rings is 1. The second-order valence-corrected chi connectivity index (χ2v) is 24.8. The Balaban J connectivity index is 0.572. The molecule has 19 nitrogen and oxygen atoms in total. The van der Waals surface area contributed by atoms with Crippen LogP contribution in [0, 0.1) is 12.8 Å². The summed E-state index contributed by atoms with van der Waals surface area (Å²) in [4.78, 5) is 48.9. The standard InChI is InChI=1S/C61H75FN12O7S/c1-36(2)56(60(78)73-33-44(75)26-51(73)59(77)66-37(3)39-9-11-40(12-10-39)57-38(4)65-35-82-57)53-30-54(69-81-53)71-23-18-61(62,19-24-71)34-70-21-16-45(17-22-70)79-46-27-47(28-46)80-55-25-41(15-20-64-55)74-42-13-14-43(74)32-72(31-42)50-29-49(67-68-58(50)63)48-7-5-6-8-52(48)76/h5-12,15,20,25,29-30,35-37,42-47,51,56,75-76H,13-14,16-19,21-24,26-28,31-34H2,1-4H3,(H2,63,68)(H,66,77)/t37-,42+,43?,44+,46?,47?,51-,56-/m0/s1. The molecule has 6 aliphatic rings. The van der Waals surface area contributed by atoms with Crippen molar-refractivity contribution in [1.29, 1.82) is 0 Å². The van der Waals surface area contributed by atoms with Crippen molar-refractivity contribution < 1.29 is 38.2 Å². The summed E-state index contributed by atoms with van der Waals surface area (Å²) in [5.41, 5.74) is 13.0. The molecule has 2 bridgehead atoms. The van der Waals surface area contributed by atoms with Gasteiger partial charge in [-0.1, -0.05) is 55.4 Å². The van der Waals surface area contributed by atoms with Gasteiger partial charge >= 0.3 is 0 Å². The summed E-state index contributed by atoms with van der Waals surface area (Å²) in [6, 6.07) is 22.4. The highest BCUT2D eigenvalue weighted by Gasteiger charge is 2.46. The second kappa shape index (κ2) is 23.4. The van der Waals surface area contributed by atoms with Crippen molar-refractivity contribution in [1.82, 2.24) is 40.4 Å². The molecule has 5 N–H and O–H groups in total. The van der Waals surface area contributed by atoms with E-state index in [4.69, 9.17) is 19.7 Å². The molecule has 9 heterocycles. The molecule has 2 aromatic carbocycles. The van der Waals surface area contributed by atoms with Crippen LogP contribution in [-0.4, -0.2) is 158 Å². The Morgan fingerprint density at radius 1 is 0.878 bits per heavy atom. The lowest BCUT2D eigenvalue weighted by atomic mass is 9.90. The number of alkyl halides is 1. The number of halogens is 1. The SMILES string of the molecule is Cc1ncsc1-c1ccc([C@H](C)NC(=O)[C@@H]2C[C@@H](O)CN2C(=O)[C@H](c2cc(N3CCC(F)(CN4CCC(OC5CC(Oc6cc(N7C8CC[C@@H]7CN(c7cc(-c9ccccc9O)nnc7N)C8)ccn6)C5)CC4)CC3)no2)C(C)C)cc1. The highest BCUT2D eigenvalue weighted by Crippen LogP contribution is 2.42. The number of benzene rings is 2. The number of nitrogens with zero attached hydrogens (tertiary/aromatic N) is 10. The lowest BCUT2D eigenvalue weighted by Gasteiger charge is -2.44. The number of ether oxygens (including phenoxy) is 2. The zero-order valence-electron chi connectivity index (χ0n) is 47.1. The van der Waals surface area contributed by atoms with Crippen LogP contribution in [0.2, 0.25) is 0 Å². The minimum Gasteiger partial charge on any atom is -0.507 e. The Morgan fingerprint density at radius 2 is 1.62 bits per heavy atom. The number of carbonyl (C=O) groups is 2. The Labute approximate surface area is 482 Å². The topological polar surface area (TPSA) is 225 Å². The van der Waals surface area contributed by atoms with Gasteiger partial charge in [0, 0.05) is 126 Å². The third-order valence-electron chi connectivity index (χ3n) is 18.0. The first-order chi connectivity index (χ1) is 39.6. The predicted molar refractivity (Wildman–Crippen MR) is 312 cm³/mol. The van der Waals surface area contributed by atoms with Gasteiger partial charge in [-0.3, -0.25) is 14.5 Å². The minimum absolute atomic E-state index is 0.0319. The minimum atomic E-state index is -1.34. The van der Waals surface area contributed by atoms with Crippen LogP contribution in [0.4, 0.5) is 27.4 Å². The van der Waals surface area contributed by atoms with Gasteiger partial charge in [0.1, 0.15) is 29.5 Å². The Hall–Kier alpha value is -6.94. The number of pyridine rings is 1. The van der Waals surface area contributed by atoms with E-state index in [1.807, 2.05) is 86.8 Å². The van der Waals surface area contributed by atoms with Crippen molar-refractivity contribution in [3.05, 3.63) is 102 Å². The van der Waals surface area contributed by atoms with Gasteiger partial charge in [0.05, 0.1) is 51.8 Å². The zero-order valence-corrected chi connectivity index (χ0v) is 48.0. The summed E-state index contributed by atoms with van der Waals surface area (Å²) >= 11 is 1.59. The maximum Gasteiger partial charge on any atom is 0.243 e. The van der Waals surface area contributed by atoms with E-state index in [2.05, 4.69) is 57.5 Å². The number of nitrogens with two attached hydrogens (primary N) is 1. The summed E-state index contributed by atoms with van der Waals surface area (Å²) in [6.45, 7) is 12.2. The third kappa shape index (κ3) is 11.7. The molecule has 5 aliphatic heterocycles. The van der Waals surface area contributed by atoms with Gasteiger partial charge in [-0.05, 0) is 80.8 Å². The molecule has 82 heavy (non-hydrogen) atoms. The van der Waals surface area contributed by atoms with E-state index in [0.717, 1.165) is 97.8 Å². The molecule has 1 aliphatic carbocycles. The third-order valence-corrected chi connectivity index (χ3v) is 18.9. The molecule has 6 aromatic rings. The normalized spacial score (nSPS) is 24.6. The smallest absolute Gasteiger partial charge is 0.243 e. The number of thiazole rings is 1. The lowest BCUT2D eigenvalue weighted by molar-refractivity contribution is -0.141. The molecule has 21 heteroatoms. The van der Waals surface area contributed by atoms with Gasteiger partial charge in [-0.25, -0.2) is 14.4 Å². The van der Waals surface area contributed by atoms with Crippen LogP contribution < -0.4 is 30.5 Å². The molecule has 2 amide bonds. The maximum absolute atomic E-state index is 16.6. The molecule has 4 aromatic heterocycles. The van der Waals surface area contributed by atoms with Crippen LogP contribution in [0.5, 0.6) is 11.6 Å². The van der Waals surface area contributed by atoms with E-state index >= 15 is 4.39 Å². The van der Waals surface area contributed by atoms with Crippen LogP contribution in [0.25, 0.3) is 21.7 Å². The van der Waals surface area contributed by atoms with Crippen molar-refractivity contribution in [3.8, 4) is 33.3 Å². The number of phenols is 1. The van der Waals surface area contributed by atoms with Crippen LogP contribution in [-0.2, 0) is 14.3 Å².